The number of rotatable bonds is 6. The lowest BCUT2D eigenvalue weighted by molar-refractivity contribution is 0.0528. The van der Waals surface area contributed by atoms with Crippen molar-refractivity contribution in [1.29, 1.82) is 0 Å². The maximum Gasteiger partial charge on any atom is 0.340 e. The van der Waals surface area contributed by atoms with Crippen LogP contribution in [0.25, 0.3) is 33.6 Å². The zero-order chi connectivity index (χ0) is 23.4. The lowest BCUT2D eigenvalue weighted by atomic mass is 9.93. The van der Waals surface area contributed by atoms with E-state index in [2.05, 4.69) is 0 Å². The monoisotopic (exact) mass is 441 g/mol. The van der Waals surface area contributed by atoms with E-state index in [-0.39, 0.29) is 12.4 Å². The molecule has 0 amide bonds. The van der Waals surface area contributed by atoms with Crippen LogP contribution in [-0.4, -0.2) is 24.7 Å². The van der Waals surface area contributed by atoms with E-state index >= 15 is 0 Å². The molecule has 0 aliphatic carbocycles. The van der Waals surface area contributed by atoms with E-state index in [0.29, 0.717) is 33.8 Å². The molecular formula is C28H24FNO3. The molecule has 0 aliphatic heterocycles. The van der Waals surface area contributed by atoms with E-state index in [1.54, 1.807) is 26.2 Å². The highest BCUT2D eigenvalue weighted by molar-refractivity contribution is 6.04. The van der Waals surface area contributed by atoms with Crippen LogP contribution in [0.15, 0.2) is 78.9 Å². The van der Waals surface area contributed by atoms with Crippen molar-refractivity contribution in [3.63, 3.8) is 0 Å². The Labute approximate surface area is 192 Å². The highest BCUT2D eigenvalue weighted by Crippen LogP contribution is 2.36. The van der Waals surface area contributed by atoms with E-state index < -0.39 is 5.97 Å². The first-order valence-corrected chi connectivity index (χ1v) is 10.7. The van der Waals surface area contributed by atoms with Crippen LogP contribution in [0.4, 0.5) is 4.39 Å². The molecule has 0 atom stereocenters. The summed E-state index contributed by atoms with van der Waals surface area (Å²) in [6, 6.07) is 23.3. The average Bonchev–Trinajstić information content (AvgIpc) is 2.84. The van der Waals surface area contributed by atoms with Crippen molar-refractivity contribution in [2.45, 2.75) is 13.8 Å². The summed E-state index contributed by atoms with van der Waals surface area (Å²) in [6.45, 7) is 4.01. The summed E-state index contributed by atoms with van der Waals surface area (Å²) in [7, 11) is 1.60. The third kappa shape index (κ3) is 4.77. The molecule has 1 heterocycles. The lowest BCUT2D eigenvalue weighted by Gasteiger charge is -2.17. The van der Waals surface area contributed by atoms with Gasteiger partial charge in [-0.3, -0.25) is 0 Å². The third-order valence-corrected chi connectivity index (χ3v) is 5.37. The van der Waals surface area contributed by atoms with Gasteiger partial charge in [0.15, 0.2) is 0 Å². The molecule has 33 heavy (non-hydrogen) atoms. The van der Waals surface area contributed by atoms with Crippen LogP contribution in [0.1, 0.15) is 22.8 Å². The van der Waals surface area contributed by atoms with Crippen molar-refractivity contribution in [2.24, 2.45) is 0 Å². The molecule has 166 valence electrons. The topological polar surface area (TPSA) is 48.4 Å². The maximum absolute atomic E-state index is 13.7. The summed E-state index contributed by atoms with van der Waals surface area (Å²) in [6.07, 6.45) is 0. The Hall–Kier alpha value is -3.99. The average molecular weight is 442 g/mol. The number of ether oxygens (including phenoxy) is 2. The van der Waals surface area contributed by atoms with Crippen molar-refractivity contribution < 1.29 is 18.7 Å². The smallest absolute Gasteiger partial charge is 0.340 e. The fourth-order valence-electron chi connectivity index (χ4n) is 3.64. The Morgan fingerprint density at radius 2 is 1.48 bits per heavy atom. The number of hydrogen-bond donors (Lipinski definition) is 0. The summed E-state index contributed by atoms with van der Waals surface area (Å²) in [4.78, 5) is 18.0. The number of esters is 1. The van der Waals surface area contributed by atoms with E-state index in [1.807, 2.05) is 61.5 Å². The van der Waals surface area contributed by atoms with Crippen LogP contribution in [0, 0.1) is 12.7 Å². The zero-order valence-corrected chi connectivity index (χ0v) is 18.8. The second-order valence-electron chi connectivity index (χ2n) is 7.60. The molecule has 0 fully saturated rings. The number of halogens is 1. The van der Waals surface area contributed by atoms with Gasteiger partial charge in [-0.25, -0.2) is 14.2 Å². The Morgan fingerprint density at radius 3 is 2.09 bits per heavy atom. The maximum atomic E-state index is 13.7. The third-order valence-electron chi connectivity index (χ3n) is 5.37. The normalized spacial score (nSPS) is 10.7. The second kappa shape index (κ2) is 9.65. The zero-order valence-electron chi connectivity index (χ0n) is 18.8. The molecule has 0 N–H and O–H groups in total. The minimum absolute atomic E-state index is 0.226. The highest BCUT2D eigenvalue weighted by Gasteiger charge is 2.23. The summed E-state index contributed by atoms with van der Waals surface area (Å²) in [5.41, 5.74) is 5.65. The van der Waals surface area contributed by atoms with E-state index in [1.165, 1.54) is 12.1 Å². The molecule has 5 heteroatoms. The van der Waals surface area contributed by atoms with Gasteiger partial charge in [-0.15, -0.1) is 0 Å². The van der Waals surface area contributed by atoms with Gasteiger partial charge in [-0.2, -0.15) is 0 Å². The van der Waals surface area contributed by atoms with E-state index in [4.69, 9.17) is 14.5 Å². The Balaban J connectivity index is 2.02. The first-order chi connectivity index (χ1) is 16.0. The quantitative estimate of drug-likeness (QED) is 0.312. The van der Waals surface area contributed by atoms with Crippen LogP contribution >= 0.6 is 0 Å². The number of hydrogen-bond acceptors (Lipinski definition) is 4. The fourth-order valence-corrected chi connectivity index (χ4v) is 3.64. The van der Waals surface area contributed by atoms with Gasteiger partial charge < -0.3 is 9.47 Å². The predicted molar refractivity (Wildman–Crippen MR) is 128 cm³/mol. The number of aryl methyl sites for hydroxylation is 1. The van der Waals surface area contributed by atoms with E-state index in [9.17, 15) is 9.18 Å². The Bertz CT molecular complexity index is 1260. The van der Waals surface area contributed by atoms with Gasteiger partial charge in [0.25, 0.3) is 0 Å². The summed E-state index contributed by atoms with van der Waals surface area (Å²) >= 11 is 0. The number of nitrogens with zero attached hydrogens (tertiary/aromatic N) is 1. The number of aromatic nitrogens is 1. The van der Waals surface area contributed by atoms with Gasteiger partial charge in [0.05, 0.1) is 30.7 Å². The van der Waals surface area contributed by atoms with Crippen molar-refractivity contribution in [2.75, 3.05) is 13.7 Å². The van der Waals surface area contributed by atoms with Gasteiger partial charge in [0, 0.05) is 16.7 Å². The van der Waals surface area contributed by atoms with Crippen LogP contribution in [0.3, 0.4) is 0 Å². The Kier molecular flexibility index (Phi) is 6.50. The number of benzene rings is 3. The van der Waals surface area contributed by atoms with Gasteiger partial charge in [-0.1, -0.05) is 42.0 Å². The molecule has 0 aliphatic rings. The molecule has 1 aromatic heterocycles. The molecule has 0 radical (unpaired) electrons. The van der Waals surface area contributed by atoms with Crippen LogP contribution in [-0.2, 0) is 4.74 Å². The van der Waals surface area contributed by atoms with Crippen LogP contribution in [0.2, 0.25) is 0 Å². The van der Waals surface area contributed by atoms with Gasteiger partial charge in [0.1, 0.15) is 11.6 Å². The summed E-state index contributed by atoms with van der Waals surface area (Å²) in [5, 5.41) is 0. The molecule has 4 rings (SSSR count). The molecule has 0 bridgehead atoms. The minimum Gasteiger partial charge on any atom is -0.497 e. The van der Waals surface area contributed by atoms with E-state index in [0.717, 1.165) is 16.7 Å². The van der Waals surface area contributed by atoms with Crippen molar-refractivity contribution >= 4 is 5.97 Å². The van der Waals surface area contributed by atoms with Crippen molar-refractivity contribution in [1.82, 2.24) is 4.98 Å². The molecule has 0 spiro atoms. The van der Waals surface area contributed by atoms with Gasteiger partial charge >= 0.3 is 5.97 Å². The first kappa shape index (κ1) is 22.2. The number of methoxy groups -OCH3 is 1. The number of pyridine rings is 1. The molecule has 4 nitrogen and oxygen atoms in total. The molecule has 0 saturated carbocycles. The Morgan fingerprint density at radius 1 is 0.879 bits per heavy atom. The van der Waals surface area contributed by atoms with Crippen molar-refractivity contribution in [3.8, 4) is 39.4 Å². The fraction of sp³-hybridized carbons (Fsp3) is 0.143. The molecular weight excluding hydrogens is 417 g/mol. The van der Waals surface area contributed by atoms with Crippen molar-refractivity contribution in [3.05, 3.63) is 95.8 Å². The number of carbonyl (C=O) groups is 1. The molecule has 0 unspecified atom stereocenters. The second-order valence-corrected chi connectivity index (χ2v) is 7.60. The summed E-state index contributed by atoms with van der Waals surface area (Å²) < 4.78 is 24.4. The summed E-state index contributed by atoms with van der Waals surface area (Å²) in [5.74, 6) is -0.130. The molecule has 3 aromatic carbocycles. The lowest BCUT2D eigenvalue weighted by Crippen LogP contribution is -2.10. The van der Waals surface area contributed by atoms with Gasteiger partial charge in [0.2, 0.25) is 0 Å². The standard InChI is InChI=1S/C28H24FNO3/c1-4-33-28(31)26-24(19-9-13-22(29)14-10-19)17-25(20-7-5-18(2)6-8-20)30-27(26)21-11-15-23(32-3)16-12-21/h5-17H,4H2,1-3H3. The van der Waals surface area contributed by atoms with Gasteiger partial charge in [-0.05, 0) is 61.9 Å². The van der Waals surface area contributed by atoms with Crippen LogP contribution < -0.4 is 4.74 Å². The predicted octanol–water partition coefficient (Wildman–Crippen LogP) is 6.72. The minimum atomic E-state index is -0.481. The molecule has 0 saturated heterocycles. The number of carbonyl (C=O) groups excluding carboxylic acids is 1. The molecule has 4 aromatic rings. The SMILES string of the molecule is CCOC(=O)c1c(-c2ccc(F)cc2)cc(-c2ccc(C)cc2)nc1-c1ccc(OC)cc1. The largest absolute Gasteiger partial charge is 0.497 e. The highest BCUT2D eigenvalue weighted by atomic mass is 19.1. The first-order valence-electron chi connectivity index (χ1n) is 10.7. The van der Waals surface area contributed by atoms with Crippen LogP contribution in [0.5, 0.6) is 5.75 Å².